The van der Waals surface area contributed by atoms with Gasteiger partial charge in [0, 0.05) is 19.6 Å². The van der Waals surface area contributed by atoms with E-state index in [4.69, 9.17) is 10.5 Å². The highest BCUT2D eigenvalue weighted by Gasteiger charge is 2.29. The Morgan fingerprint density at radius 2 is 2.12 bits per heavy atom. The molecule has 0 aromatic heterocycles. The van der Waals surface area contributed by atoms with Crippen molar-refractivity contribution in [1.82, 2.24) is 0 Å². The summed E-state index contributed by atoms with van der Waals surface area (Å²) in [6.07, 6.45) is 2.59. The van der Waals surface area contributed by atoms with Crippen molar-refractivity contribution in [3.8, 4) is 5.75 Å². The number of para-hydroxylation sites is 2. The van der Waals surface area contributed by atoms with Crippen LogP contribution in [-0.4, -0.2) is 26.7 Å². The van der Waals surface area contributed by atoms with E-state index in [1.54, 1.807) is 7.11 Å². The quantitative estimate of drug-likeness (QED) is 0.823. The average molecular weight is 220 g/mol. The van der Waals surface area contributed by atoms with Crippen molar-refractivity contribution in [2.24, 2.45) is 11.7 Å². The Balaban J connectivity index is 2.04. The molecule has 1 saturated carbocycles. The first kappa shape index (κ1) is 11.3. The fourth-order valence-electron chi connectivity index (χ4n) is 2.03. The van der Waals surface area contributed by atoms with Gasteiger partial charge in [-0.3, -0.25) is 0 Å². The molecule has 2 N–H and O–H groups in total. The van der Waals surface area contributed by atoms with Gasteiger partial charge in [0.2, 0.25) is 0 Å². The van der Waals surface area contributed by atoms with Gasteiger partial charge in [-0.15, -0.1) is 0 Å². The lowest BCUT2D eigenvalue weighted by Crippen LogP contribution is -2.36. The summed E-state index contributed by atoms with van der Waals surface area (Å²) in [5.74, 6) is 1.64. The zero-order valence-electron chi connectivity index (χ0n) is 10.0. The van der Waals surface area contributed by atoms with E-state index in [1.165, 1.54) is 12.8 Å². The van der Waals surface area contributed by atoms with Crippen LogP contribution in [0.2, 0.25) is 0 Å². The van der Waals surface area contributed by atoms with Gasteiger partial charge >= 0.3 is 0 Å². The van der Waals surface area contributed by atoms with E-state index < -0.39 is 0 Å². The molecule has 0 amide bonds. The maximum Gasteiger partial charge on any atom is 0.142 e. The van der Waals surface area contributed by atoms with Crippen molar-refractivity contribution in [2.45, 2.75) is 18.9 Å². The predicted octanol–water partition coefficient (Wildman–Crippen LogP) is 1.87. The minimum absolute atomic E-state index is 0.287. The van der Waals surface area contributed by atoms with Crippen LogP contribution < -0.4 is 15.4 Å². The molecule has 2 rings (SSSR count). The zero-order valence-corrected chi connectivity index (χ0v) is 10.0. The molecule has 88 valence electrons. The molecule has 0 saturated heterocycles. The fourth-order valence-corrected chi connectivity index (χ4v) is 2.03. The zero-order chi connectivity index (χ0) is 11.5. The molecule has 3 nitrogen and oxygen atoms in total. The Morgan fingerprint density at radius 1 is 1.44 bits per heavy atom. The molecule has 16 heavy (non-hydrogen) atoms. The summed E-state index contributed by atoms with van der Waals surface area (Å²) in [7, 11) is 3.77. The Kier molecular flexibility index (Phi) is 3.34. The number of hydrogen-bond acceptors (Lipinski definition) is 3. The summed E-state index contributed by atoms with van der Waals surface area (Å²) >= 11 is 0. The lowest BCUT2D eigenvalue weighted by molar-refractivity contribution is 0.414. The van der Waals surface area contributed by atoms with E-state index in [-0.39, 0.29) is 6.04 Å². The number of hydrogen-bond donors (Lipinski definition) is 1. The molecule has 1 aromatic carbocycles. The summed E-state index contributed by atoms with van der Waals surface area (Å²) in [6, 6.07) is 8.34. The van der Waals surface area contributed by atoms with Gasteiger partial charge in [-0.05, 0) is 30.9 Å². The molecule has 0 aliphatic heterocycles. The first-order chi connectivity index (χ1) is 7.72. The number of likely N-dealkylation sites (N-methyl/N-ethyl adjacent to an activating group) is 1. The normalized spacial score (nSPS) is 16.9. The first-order valence-electron chi connectivity index (χ1n) is 5.82. The van der Waals surface area contributed by atoms with E-state index in [2.05, 4.69) is 18.0 Å². The Bertz CT molecular complexity index is 350. The molecule has 1 atom stereocenters. The van der Waals surface area contributed by atoms with Crippen molar-refractivity contribution >= 4 is 5.69 Å². The van der Waals surface area contributed by atoms with E-state index in [9.17, 15) is 0 Å². The van der Waals surface area contributed by atoms with Gasteiger partial charge in [-0.2, -0.15) is 0 Å². The van der Waals surface area contributed by atoms with Crippen LogP contribution in [0.1, 0.15) is 12.8 Å². The van der Waals surface area contributed by atoms with Gasteiger partial charge in [0.25, 0.3) is 0 Å². The standard InChI is InChI=1S/C13H20N2O/c1-15(9-11(14)10-7-8-10)12-5-3-4-6-13(12)16-2/h3-6,10-11H,7-9,14H2,1-2H3. The van der Waals surface area contributed by atoms with E-state index in [0.29, 0.717) is 0 Å². The number of rotatable bonds is 5. The van der Waals surface area contributed by atoms with Crippen molar-refractivity contribution in [3.63, 3.8) is 0 Å². The first-order valence-corrected chi connectivity index (χ1v) is 5.82. The molecule has 1 fully saturated rings. The second kappa shape index (κ2) is 4.74. The second-order valence-corrected chi connectivity index (χ2v) is 4.55. The number of ether oxygens (including phenoxy) is 1. The second-order valence-electron chi connectivity index (χ2n) is 4.55. The molecule has 0 bridgehead atoms. The van der Waals surface area contributed by atoms with Crippen LogP contribution in [-0.2, 0) is 0 Å². The molecule has 3 heteroatoms. The van der Waals surface area contributed by atoms with Gasteiger partial charge in [0.05, 0.1) is 12.8 Å². The SMILES string of the molecule is COc1ccccc1N(C)CC(N)C1CC1. The van der Waals surface area contributed by atoms with Crippen LogP contribution in [0.5, 0.6) is 5.75 Å². The third-order valence-corrected chi connectivity index (χ3v) is 3.21. The van der Waals surface area contributed by atoms with E-state index in [0.717, 1.165) is 23.9 Å². The topological polar surface area (TPSA) is 38.5 Å². The number of anilines is 1. The van der Waals surface area contributed by atoms with Crippen molar-refractivity contribution in [2.75, 3.05) is 25.6 Å². The highest BCUT2D eigenvalue weighted by Crippen LogP contribution is 2.33. The maximum atomic E-state index is 6.13. The van der Waals surface area contributed by atoms with Crippen LogP contribution >= 0.6 is 0 Å². The van der Waals surface area contributed by atoms with Gasteiger partial charge in [0.15, 0.2) is 0 Å². The maximum absolute atomic E-state index is 6.13. The molecule has 1 unspecified atom stereocenters. The molecule has 0 radical (unpaired) electrons. The molecule has 0 spiro atoms. The number of nitrogens with two attached hydrogens (primary N) is 1. The third-order valence-electron chi connectivity index (χ3n) is 3.21. The van der Waals surface area contributed by atoms with Crippen LogP contribution in [0.4, 0.5) is 5.69 Å². The number of nitrogens with zero attached hydrogens (tertiary/aromatic N) is 1. The van der Waals surface area contributed by atoms with Crippen LogP contribution in [0.3, 0.4) is 0 Å². The summed E-state index contributed by atoms with van der Waals surface area (Å²) in [6.45, 7) is 0.894. The highest BCUT2D eigenvalue weighted by molar-refractivity contribution is 5.57. The average Bonchev–Trinajstić information content (AvgIpc) is 3.12. The number of benzene rings is 1. The summed E-state index contributed by atoms with van der Waals surface area (Å²) < 4.78 is 5.34. The fraction of sp³-hybridized carbons (Fsp3) is 0.538. The van der Waals surface area contributed by atoms with Gasteiger partial charge < -0.3 is 15.4 Å². The summed E-state index contributed by atoms with van der Waals surface area (Å²) in [5.41, 5.74) is 7.24. The van der Waals surface area contributed by atoms with Crippen molar-refractivity contribution in [3.05, 3.63) is 24.3 Å². The van der Waals surface area contributed by atoms with Crippen LogP contribution in [0, 0.1) is 5.92 Å². The Morgan fingerprint density at radius 3 is 2.75 bits per heavy atom. The minimum atomic E-state index is 0.287. The third kappa shape index (κ3) is 2.47. The molecule has 0 heterocycles. The van der Waals surface area contributed by atoms with Gasteiger partial charge in [0.1, 0.15) is 5.75 Å². The lowest BCUT2D eigenvalue weighted by atomic mass is 10.2. The van der Waals surface area contributed by atoms with E-state index in [1.807, 2.05) is 18.2 Å². The minimum Gasteiger partial charge on any atom is -0.495 e. The molecule has 1 aromatic rings. The molecule has 1 aliphatic carbocycles. The summed E-state index contributed by atoms with van der Waals surface area (Å²) in [4.78, 5) is 2.18. The van der Waals surface area contributed by atoms with Gasteiger partial charge in [-0.1, -0.05) is 12.1 Å². The molecule has 1 aliphatic rings. The molecular weight excluding hydrogens is 200 g/mol. The molecular formula is C13H20N2O. The lowest BCUT2D eigenvalue weighted by Gasteiger charge is -2.24. The van der Waals surface area contributed by atoms with Crippen LogP contribution in [0.25, 0.3) is 0 Å². The Labute approximate surface area is 97.2 Å². The summed E-state index contributed by atoms with van der Waals surface area (Å²) in [5, 5.41) is 0. The number of methoxy groups -OCH3 is 1. The van der Waals surface area contributed by atoms with Crippen LogP contribution in [0.15, 0.2) is 24.3 Å². The smallest absolute Gasteiger partial charge is 0.142 e. The highest BCUT2D eigenvalue weighted by atomic mass is 16.5. The van der Waals surface area contributed by atoms with Gasteiger partial charge in [-0.25, -0.2) is 0 Å². The van der Waals surface area contributed by atoms with Crippen molar-refractivity contribution < 1.29 is 4.74 Å². The Hall–Kier alpha value is -1.22. The predicted molar refractivity (Wildman–Crippen MR) is 67.0 cm³/mol. The van der Waals surface area contributed by atoms with Crippen molar-refractivity contribution in [1.29, 1.82) is 0 Å². The monoisotopic (exact) mass is 220 g/mol. The largest absolute Gasteiger partial charge is 0.495 e. The van der Waals surface area contributed by atoms with E-state index >= 15 is 0 Å².